The number of halogens is 3. The molecule has 0 fully saturated rings. The van der Waals surface area contributed by atoms with E-state index in [1.54, 1.807) is 30.3 Å². The molecule has 1 aromatic rings. The quantitative estimate of drug-likeness (QED) is 0.768. The van der Waals surface area contributed by atoms with E-state index in [-0.39, 0.29) is 0 Å². The molecule has 0 N–H and O–H groups in total. The lowest BCUT2D eigenvalue weighted by Crippen LogP contribution is -2.30. The van der Waals surface area contributed by atoms with Gasteiger partial charge in [0.25, 0.3) is 0 Å². The Balaban J connectivity index is 2.36. The average Bonchev–Trinajstić information content (AvgIpc) is 2.26. The van der Waals surface area contributed by atoms with Gasteiger partial charge >= 0.3 is 12.1 Å². The van der Waals surface area contributed by atoms with Crippen LogP contribution in [0, 0.1) is 0 Å². The Morgan fingerprint density at radius 2 is 1.88 bits per heavy atom. The maximum absolute atomic E-state index is 11.8. The van der Waals surface area contributed by atoms with E-state index in [1.165, 1.54) is 6.92 Å². The third-order valence-electron chi connectivity index (χ3n) is 1.76. The highest BCUT2D eigenvalue weighted by atomic mass is 19.4. The maximum Gasteiger partial charge on any atom is 0.490 e. The van der Waals surface area contributed by atoms with Gasteiger partial charge < -0.3 is 9.47 Å². The summed E-state index contributed by atoms with van der Waals surface area (Å²) in [6.07, 6.45) is -5.62. The predicted molar refractivity (Wildman–Crippen MR) is 53.5 cm³/mol. The molecule has 1 atom stereocenters. The Hall–Kier alpha value is -1.72. The highest BCUT2D eigenvalue weighted by Crippen LogP contribution is 2.17. The Morgan fingerprint density at radius 1 is 1.29 bits per heavy atom. The van der Waals surface area contributed by atoms with Crippen LogP contribution in [-0.2, 0) is 9.53 Å². The smallest absolute Gasteiger partial charge is 0.487 e. The van der Waals surface area contributed by atoms with Gasteiger partial charge in [-0.15, -0.1) is 0 Å². The van der Waals surface area contributed by atoms with E-state index in [0.717, 1.165) is 0 Å². The third kappa shape index (κ3) is 4.76. The molecule has 6 heteroatoms. The van der Waals surface area contributed by atoms with Crippen molar-refractivity contribution in [1.82, 2.24) is 0 Å². The van der Waals surface area contributed by atoms with E-state index in [2.05, 4.69) is 4.74 Å². The van der Waals surface area contributed by atoms with Gasteiger partial charge in [0, 0.05) is 0 Å². The fraction of sp³-hybridized carbons (Fsp3) is 0.364. The SMILES string of the molecule is C[C@@H](COC(=O)C(F)(F)F)Oc1ccccc1. The summed E-state index contributed by atoms with van der Waals surface area (Å²) in [5, 5.41) is 0. The largest absolute Gasteiger partial charge is 0.490 e. The number of esters is 1. The summed E-state index contributed by atoms with van der Waals surface area (Å²) in [5.41, 5.74) is 0. The predicted octanol–water partition coefficient (Wildman–Crippen LogP) is 2.56. The molecule has 0 unspecified atom stereocenters. The van der Waals surface area contributed by atoms with Gasteiger partial charge in [0.05, 0.1) is 0 Å². The molecule has 17 heavy (non-hydrogen) atoms. The number of benzene rings is 1. The first kappa shape index (κ1) is 13.3. The highest BCUT2D eigenvalue weighted by Gasteiger charge is 2.41. The van der Waals surface area contributed by atoms with E-state index >= 15 is 0 Å². The van der Waals surface area contributed by atoms with Gasteiger partial charge in [0.1, 0.15) is 18.5 Å². The first-order valence-corrected chi connectivity index (χ1v) is 4.85. The van der Waals surface area contributed by atoms with Crippen molar-refractivity contribution in [1.29, 1.82) is 0 Å². The van der Waals surface area contributed by atoms with Crippen molar-refractivity contribution in [3.8, 4) is 5.75 Å². The minimum atomic E-state index is -4.97. The van der Waals surface area contributed by atoms with Gasteiger partial charge in [0.15, 0.2) is 0 Å². The second-order valence-electron chi connectivity index (χ2n) is 3.34. The summed E-state index contributed by atoms with van der Waals surface area (Å²) in [5.74, 6) is -1.70. The summed E-state index contributed by atoms with van der Waals surface area (Å²) in [6.45, 7) is 1.06. The standard InChI is InChI=1S/C11H11F3O3/c1-8(7-16-10(15)11(12,13)14)17-9-5-3-2-4-6-9/h2-6,8H,7H2,1H3/t8-/m0/s1. The molecule has 0 heterocycles. The van der Waals surface area contributed by atoms with Crippen molar-refractivity contribution in [3.05, 3.63) is 30.3 Å². The minimum Gasteiger partial charge on any atom is -0.487 e. The summed E-state index contributed by atoms with van der Waals surface area (Å²) in [6, 6.07) is 8.54. The van der Waals surface area contributed by atoms with Crippen LogP contribution in [0.2, 0.25) is 0 Å². The van der Waals surface area contributed by atoms with E-state index in [0.29, 0.717) is 5.75 Å². The number of carbonyl (C=O) groups excluding carboxylic acids is 1. The molecule has 0 bridgehead atoms. The minimum absolute atomic E-state index is 0.451. The number of hydrogen-bond acceptors (Lipinski definition) is 3. The molecule has 94 valence electrons. The third-order valence-corrected chi connectivity index (χ3v) is 1.76. The Kier molecular flexibility index (Phi) is 4.37. The molecule has 0 aromatic heterocycles. The molecular formula is C11H11F3O3. The van der Waals surface area contributed by atoms with Crippen molar-refractivity contribution in [2.75, 3.05) is 6.61 Å². The number of hydrogen-bond donors (Lipinski definition) is 0. The van der Waals surface area contributed by atoms with E-state index in [4.69, 9.17) is 4.74 Å². The lowest BCUT2D eigenvalue weighted by molar-refractivity contribution is -0.201. The van der Waals surface area contributed by atoms with E-state index in [9.17, 15) is 18.0 Å². The average molecular weight is 248 g/mol. The summed E-state index contributed by atoms with van der Waals surface area (Å²) in [4.78, 5) is 10.4. The summed E-state index contributed by atoms with van der Waals surface area (Å²) >= 11 is 0. The summed E-state index contributed by atoms with van der Waals surface area (Å²) in [7, 11) is 0. The Morgan fingerprint density at radius 3 is 2.41 bits per heavy atom. The van der Waals surface area contributed by atoms with Crippen LogP contribution in [0.1, 0.15) is 6.92 Å². The number of alkyl halides is 3. The highest BCUT2D eigenvalue weighted by molar-refractivity contribution is 5.75. The Labute approximate surface area is 96.1 Å². The van der Waals surface area contributed by atoms with Crippen molar-refractivity contribution in [3.63, 3.8) is 0 Å². The molecule has 0 saturated heterocycles. The second kappa shape index (κ2) is 5.56. The molecule has 0 radical (unpaired) electrons. The van der Waals surface area contributed by atoms with Crippen molar-refractivity contribution >= 4 is 5.97 Å². The molecule has 3 nitrogen and oxygen atoms in total. The monoisotopic (exact) mass is 248 g/mol. The zero-order valence-corrected chi connectivity index (χ0v) is 9.03. The van der Waals surface area contributed by atoms with Crippen LogP contribution in [0.3, 0.4) is 0 Å². The molecule has 1 aromatic carbocycles. The summed E-state index contributed by atoms with van der Waals surface area (Å²) < 4.78 is 44.7. The number of carbonyl (C=O) groups is 1. The molecule has 1 rings (SSSR count). The lowest BCUT2D eigenvalue weighted by atomic mass is 10.3. The van der Waals surface area contributed by atoms with Crippen LogP contribution in [0.4, 0.5) is 13.2 Å². The van der Waals surface area contributed by atoms with E-state index < -0.39 is 24.9 Å². The first-order valence-electron chi connectivity index (χ1n) is 4.85. The van der Waals surface area contributed by atoms with Gasteiger partial charge in [-0.05, 0) is 19.1 Å². The Bertz CT molecular complexity index is 362. The number of para-hydroxylation sites is 1. The normalized spacial score (nSPS) is 12.9. The lowest BCUT2D eigenvalue weighted by Gasteiger charge is -2.15. The van der Waals surface area contributed by atoms with Crippen molar-refractivity contribution in [2.45, 2.75) is 19.2 Å². The van der Waals surface area contributed by atoms with Crippen LogP contribution < -0.4 is 4.74 Å². The van der Waals surface area contributed by atoms with Crippen LogP contribution in [0.25, 0.3) is 0 Å². The number of ether oxygens (including phenoxy) is 2. The van der Waals surface area contributed by atoms with Crippen LogP contribution >= 0.6 is 0 Å². The topological polar surface area (TPSA) is 35.5 Å². The van der Waals surface area contributed by atoms with Crippen molar-refractivity contribution in [2.24, 2.45) is 0 Å². The van der Waals surface area contributed by atoms with Crippen LogP contribution in [0.15, 0.2) is 30.3 Å². The van der Waals surface area contributed by atoms with Crippen molar-refractivity contribution < 1.29 is 27.4 Å². The molecular weight excluding hydrogens is 237 g/mol. The fourth-order valence-corrected chi connectivity index (χ4v) is 1.04. The fourth-order valence-electron chi connectivity index (χ4n) is 1.04. The molecule has 0 spiro atoms. The maximum atomic E-state index is 11.8. The van der Waals surface area contributed by atoms with E-state index in [1.807, 2.05) is 0 Å². The van der Waals surface area contributed by atoms with Crippen LogP contribution in [-0.4, -0.2) is 24.9 Å². The number of rotatable bonds is 4. The van der Waals surface area contributed by atoms with Gasteiger partial charge in [-0.1, -0.05) is 18.2 Å². The van der Waals surface area contributed by atoms with Crippen LogP contribution in [0.5, 0.6) is 5.75 Å². The van der Waals surface area contributed by atoms with Gasteiger partial charge in [-0.25, -0.2) is 4.79 Å². The zero-order valence-electron chi connectivity index (χ0n) is 9.03. The molecule has 0 aliphatic heterocycles. The first-order chi connectivity index (χ1) is 7.89. The molecule has 0 aliphatic rings. The molecule has 0 aliphatic carbocycles. The van der Waals surface area contributed by atoms with Gasteiger partial charge in [-0.3, -0.25) is 0 Å². The van der Waals surface area contributed by atoms with Gasteiger partial charge in [-0.2, -0.15) is 13.2 Å². The zero-order chi connectivity index (χ0) is 12.9. The van der Waals surface area contributed by atoms with Gasteiger partial charge in [0.2, 0.25) is 0 Å². The second-order valence-corrected chi connectivity index (χ2v) is 3.34. The molecule has 0 saturated carbocycles. The molecule has 0 amide bonds.